The Hall–Kier alpha value is -2.78. The fourth-order valence-electron chi connectivity index (χ4n) is 3.73. The number of hydrogen-bond acceptors (Lipinski definition) is 3. The summed E-state index contributed by atoms with van der Waals surface area (Å²) in [5, 5.41) is 13.7. The van der Waals surface area contributed by atoms with Crippen molar-refractivity contribution in [3.63, 3.8) is 0 Å². The van der Waals surface area contributed by atoms with Gasteiger partial charge in [0.1, 0.15) is 6.26 Å². The van der Waals surface area contributed by atoms with Crippen LogP contribution in [0.5, 0.6) is 5.75 Å². The normalized spacial score (nSPS) is 16.3. The van der Waals surface area contributed by atoms with Crippen LogP contribution in [0.1, 0.15) is 30.0 Å². The average Bonchev–Trinajstić information content (AvgIpc) is 3.13. The van der Waals surface area contributed by atoms with Gasteiger partial charge < -0.3 is 15.3 Å². The second-order valence-electron chi connectivity index (χ2n) is 6.50. The van der Waals surface area contributed by atoms with Crippen molar-refractivity contribution in [1.29, 1.82) is 0 Å². The monoisotopic (exact) mass is 331 g/mol. The molecule has 3 aromatic carbocycles. The Morgan fingerprint density at radius 1 is 0.920 bits per heavy atom. The Labute approximate surface area is 146 Å². The number of benzene rings is 3. The zero-order valence-electron chi connectivity index (χ0n) is 14.0. The lowest BCUT2D eigenvalue weighted by molar-refractivity contribution is 0.458. The minimum Gasteiger partial charge on any atom is -0.505 e. The summed E-state index contributed by atoms with van der Waals surface area (Å²) >= 11 is 0. The molecule has 0 saturated heterocycles. The quantitative estimate of drug-likeness (QED) is 0.429. The molecular weight excluding hydrogens is 310 g/mol. The predicted octanol–water partition coefficient (Wildman–Crippen LogP) is 5.31. The van der Waals surface area contributed by atoms with E-state index in [0.29, 0.717) is 0 Å². The summed E-state index contributed by atoms with van der Waals surface area (Å²) in [5.74, 6) is 0.176. The molecule has 3 nitrogen and oxygen atoms in total. The van der Waals surface area contributed by atoms with Crippen LogP contribution in [-0.4, -0.2) is 5.11 Å². The maximum Gasteiger partial charge on any atom is 0.153 e. The molecule has 5 rings (SSSR count). The molecule has 3 N–H and O–H groups in total. The number of furan rings is 1. The van der Waals surface area contributed by atoms with Crippen molar-refractivity contribution in [2.24, 2.45) is 5.73 Å². The molecule has 1 heterocycles. The molecule has 1 aliphatic rings. The lowest BCUT2D eigenvalue weighted by atomic mass is 9.84. The lowest BCUT2D eigenvalue weighted by Gasteiger charge is -2.24. The first kappa shape index (κ1) is 15.7. The lowest BCUT2D eigenvalue weighted by Crippen LogP contribution is -2.17. The van der Waals surface area contributed by atoms with E-state index >= 15 is 0 Å². The van der Waals surface area contributed by atoms with Crippen molar-refractivity contribution in [2.75, 3.05) is 0 Å². The molecule has 0 radical (unpaired) electrons. The topological polar surface area (TPSA) is 59.4 Å². The smallest absolute Gasteiger partial charge is 0.153 e. The third-order valence-corrected chi connectivity index (χ3v) is 4.90. The van der Waals surface area contributed by atoms with Gasteiger partial charge in [0.2, 0.25) is 0 Å². The van der Waals surface area contributed by atoms with Gasteiger partial charge in [-0.2, -0.15) is 0 Å². The van der Waals surface area contributed by atoms with Crippen LogP contribution in [0.25, 0.3) is 21.5 Å². The summed E-state index contributed by atoms with van der Waals surface area (Å²) in [6, 6.07) is 19.3. The highest BCUT2D eigenvalue weighted by Crippen LogP contribution is 2.36. The van der Waals surface area contributed by atoms with Gasteiger partial charge in [-0.05, 0) is 51.9 Å². The molecule has 0 amide bonds. The van der Waals surface area contributed by atoms with Crippen LogP contribution in [0, 0.1) is 0 Å². The molecule has 3 heteroatoms. The molecule has 1 unspecified atom stereocenters. The SMILES string of the molecule is NC1CCCc2ccc3c(ccc4ccccc43)c21.Oc1ccoc1. The fourth-order valence-corrected chi connectivity index (χ4v) is 3.73. The number of nitrogens with two attached hydrogens (primary N) is 1. The summed E-state index contributed by atoms with van der Waals surface area (Å²) < 4.78 is 4.46. The minimum absolute atomic E-state index is 0.176. The number of aryl methyl sites for hydroxylation is 1. The average molecular weight is 331 g/mol. The van der Waals surface area contributed by atoms with Crippen molar-refractivity contribution in [3.8, 4) is 5.75 Å². The van der Waals surface area contributed by atoms with E-state index in [1.165, 1.54) is 64.1 Å². The van der Waals surface area contributed by atoms with Crippen molar-refractivity contribution in [3.05, 3.63) is 78.3 Å². The fraction of sp³-hybridized carbons (Fsp3) is 0.182. The molecule has 25 heavy (non-hydrogen) atoms. The van der Waals surface area contributed by atoms with Crippen LogP contribution in [0.15, 0.2) is 71.5 Å². The Kier molecular flexibility index (Phi) is 4.16. The molecule has 0 fully saturated rings. The minimum atomic E-state index is 0.176. The Morgan fingerprint density at radius 2 is 1.76 bits per heavy atom. The summed E-state index contributed by atoms with van der Waals surface area (Å²) in [6.07, 6.45) is 6.17. The van der Waals surface area contributed by atoms with Gasteiger partial charge in [0, 0.05) is 12.1 Å². The van der Waals surface area contributed by atoms with Crippen LogP contribution >= 0.6 is 0 Å². The van der Waals surface area contributed by atoms with E-state index in [-0.39, 0.29) is 11.8 Å². The van der Waals surface area contributed by atoms with Gasteiger partial charge in [0.05, 0.1) is 6.26 Å². The number of aromatic hydroxyl groups is 1. The molecule has 1 aromatic heterocycles. The molecule has 0 saturated carbocycles. The van der Waals surface area contributed by atoms with E-state index in [1.54, 1.807) is 0 Å². The van der Waals surface area contributed by atoms with E-state index in [4.69, 9.17) is 10.8 Å². The Morgan fingerprint density at radius 3 is 2.52 bits per heavy atom. The van der Waals surface area contributed by atoms with Gasteiger partial charge >= 0.3 is 0 Å². The molecule has 0 aliphatic heterocycles. The van der Waals surface area contributed by atoms with Gasteiger partial charge in [0.25, 0.3) is 0 Å². The van der Waals surface area contributed by atoms with Gasteiger partial charge in [-0.1, -0.05) is 48.5 Å². The highest BCUT2D eigenvalue weighted by atomic mass is 16.3. The van der Waals surface area contributed by atoms with E-state index < -0.39 is 0 Å². The Bertz CT molecular complexity index is 1010. The van der Waals surface area contributed by atoms with Crippen LogP contribution in [0.4, 0.5) is 0 Å². The molecule has 1 atom stereocenters. The van der Waals surface area contributed by atoms with Gasteiger partial charge in [-0.3, -0.25) is 0 Å². The van der Waals surface area contributed by atoms with Crippen molar-refractivity contribution in [2.45, 2.75) is 25.3 Å². The van der Waals surface area contributed by atoms with Crippen LogP contribution < -0.4 is 5.73 Å². The van der Waals surface area contributed by atoms with Gasteiger partial charge in [0.15, 0.2) is 5.75 Å². The van der Waals surface area contributed by atoms with E-state index in [2.05, 4.69) is 52.9 Å². The van der Waals surface area contributed by atoms with E-state index in [1.807, 2.05) is 0 Å². The molecule has 1 aliphatic carbocycles. The van der Waals surface area contributed by atoms with Crippen molar-refractivity contribution >= 4 is 21.5 Å². The summed E-state index contributed by atoms with van der Waals surface area (Å²) in [7, 11) is 0. The maximum atomic E-state index is 8.38. The first-order valence-electron chi connectivity index (χ1n) is 8.64. The largest absolute Gasteiger partial charge is 0.505 e. The standard InChI is InChI=1S/C18H17N.C4H4O2/c19-17-7-3-5-13-9-10-15-14-6-2-1-4-12(14)8-11-16(15)18(13)17;5-4-1-2-6-3-4/h1-2,4,6,8-11,17H,3,5,7,19H2;1-3,5H. The molecule has 0 bridgehead atoms. The number of fused-ring (bicyclic) bond motifs is 5. The zero-order chi connectivity index (χ0) is 17.2. The summed E-state index contributed by atoms with van der Waals surface area (Å²) in [6.45, 7) is 0. The third-order valence-electron chi connectivity index (χ3n) is 4.90. The van der Waals surface area contributed by atoms with Crippen LogP contribution in [0.2, 0.25) is 0 Å². The van der Waals surface area contributed by atoms with Crippen LogP contribution in [0.3, 0.4) is 0 Å². The second-order valence-corrected chi connectivity index (χ2v) is 6.50. The Balaban J connectivity index is 0.000000223. The van der Waals surface area contributed by atoms with E-state index in [0.717, 1.165) is 6.42 Å². The summed E-state index contributed by atoms with van der Waals surface area (Å²) in [5.41, 5.74) is 9.19. The first-order chi connectivity index (χ1) is 12.2. The number of rotatable bonds is 0. The first-order valence-corrected chi connectivity index (χ1v) is 8.64. The third kappa shape index (κ3) is 2.99. The van der Waals surface area contributed by atoms with E-state index in [9.17, 15) is 0 Å². The molecule has 0 spiro atoms. The van der Waals surface area contributed by atoms with Crippen molar-refractivity contribution < 1.29 is 9.52 Å². The highest BCUT2D eigenvalue weighted by molar-refractivity contribution is 6.08. The van der Waals surface area contributed by atoms with Gasteiger partial charge in [-0.15, -0.1) is 0 Å². The summed E-state index contributed by atoms with van der Waals surface area (Å²) in [4.78, 5) is 0. The zero-order valence-corrected chi connectivity index (χ0v) is 14.0. The second kappa shape index (κ2) is 6.61. The number of hydrogen-bond donors (Lipinski definition) is 2. The van der Waals surface area contributed by atoms with Crippen LogP contribution in [-0.2, 0) is 6.42 Å². The molecule has 126 valence electrons. The molecule has 4 aromatic rings. The maximum absolute atomic E-state index is 8.38. The highest BCUT2D eigenvalue weighted by Gasteiger charge is 2.19. The predicted molar refractivity (Wildman–Crippen MR) is 102 cm³/mol. The van der Waals surface area contributed by atoms with Gasteiger partial charge in [-0.25, -0.2) is 0 Å². The molecular formula is C22H21NO2. The van der Waals surface area contributed by atoms with Crippen molar-refractivity contribution in [1.82, 2.24) is 0 Å².